The van der Waals surface area contributed by atoms with Gasteiger partial charge < -0.3 is 15.2 Å². The van der Waals surface area contributed by atoms with Crippen molar-refractivity contribution in [2.24, 2.45) is 4.99 Å². The molecule has 126 valence electrons. The van der Waals surface area contributed by atoms with Crippen molar-refractivity contribution in [2.45, 2.75) is 33.2 Å². The molecule has 1 heterocycles. The van der Waals surface area contributed by atoms with Crippen LogP contribution in [-0.2, 0) is 6.42 Å². The molecule has 23 heavy (non-hydrogen) atoms. The van der Waals surface area contributed by atoms with Gasteiger partial charge in [-0.2, -0.15) is 4.98 Å². The largest absolute Gasteiger partial charge is 0.357 e. The number of hydrogen-bond donors (Lipinski definition) is 2. The number of hydrogen-bond acceptors (Lipinski definition) is 4. The van der Waals surface area contributed by atoms with Crippen molar-refractivity contribution in [3.05, 3.63) is 47.6 Å². The molecule has 0 aliphatic rings. The maximum absolute atomic E-state index is 5.09. The predicted octanol–water partition coefficient (Wildman–Crippen LogP) is 2.85. The second kappa shape index (κ2) is 10.2. The van der Waals surface area contributed by atoms with Crippen LogP contribution in [-0.4, -0.2) is 29.2 Å². The van der Waals surface area contributed by atoms with E-state index >= 15 is 0 Å². The Balaban J connectivity index is 0.00000264. The highest BCUT2D eigenvalue weighted by Crippen LogP contribution is 2.10. The molecule has 2 aromatic rings. The molecular formula is C16H24IN5O. The molecule has 0 amide bonds. The van der Waals surface area contributed by atoms with Gasteiger partial charge in [0.2, 0.25) is 5.89 Å². The Kier molecular flexibility index (Phi) is 8.60. The Morgan fingerprint density at radius 2 is 2.04 bits per heavy atom. The van der Waals surface area contributed by atoms with Crippen LogP contribution in [0.4, 0.5) is 0 Å². The van der Waals surface area contributed by atoms with Crippen LogP contribution in [0.2, 0.25) is 0 Å². The topological polar surface area (TPSA) is 75.3 Å². The highest BCUT2D eigenvalue weighted by atomic mass is 127. The van der Waals surface area contributed by atoms with Gasteiger partial charge in [0.05, 0.1) is 12.6 Å². The summed E-state index contributed by atoms with van der Waals surface area (Å²) in [4.78, 5) is 8.72. The van der Waals surface area contributed by atoms with Gasteiger partial charge in [-0.25, -0.2) is 0 Å². The molecule has 0 aliphatic heterocycles. The molecule has 0 spiro atoms. The summed E-state index contributed by atoms with van der Waals surface area (Å²) in [7, 11) is 0. The number of halogens is 1. The molecule has 0 fully saturated rings. The van der Waals surface area contributed by atoms with Crippen molar-refractivity contribution >= 4 is 29.9 Å². The lowest BCUT2D eigenvalue weighted by molar-refractivity contribution is 0.376. The van der Waals surface area contributed by atoms with E-state index in [2.05, 4.69) is 44.8 Å². The standard InChI is InChI=1S/C16H23N5O.HI/c1-4-17-16(18-11-10-15-20-13(3)21-22-15)19-12(2)14-8-6-5-7-9-14;/h5-9,12H,4,10-11H2,1-3H3,(H2,17,18,19);1H. The molecule has 1 atom stereocenters. The van der Waals surface area contributed by atoms with E-state index in [0.717, 1.165) is 12.5 Å². The van der Waals surface area contributed by atoms with Gasteiger partial charge in [0.15, 0.2) is 11.8 Å². The molecule has 0 aliphatic carbocycles. The smallest absolute Gasteiger partial charge is 0.228 e. The third-order valence-corrected chi connectivity index (χ3v) is 3.16. The van der Waals surface area contributed by atoms with Crippen LogP contribution in [0.1, 0.15) is 37.2 Å². The maximum Gasteiger partial charge on any atom is 0.228 e. The van der Waals surface area contributed by atoms with Crippen molar-refractivity contribution in [2.75, 3.05) is 13.1 Å². The van der Waals surface area contributed by atoms with Gasteiger partial charge >= 0.3 is 0 Å². The normalized spacial score (nSPS) is 12.4. The van der Waals surface area contributed by atoms with Crippen LogP contribution in [0.15, 0.2) is 39.8 Å². The number of nitrogens with zero attached hydrogens (tertiary/aromatic N) is 3. The van der Waals surface area contributed by atoms with E-state index in [9.17, 15) is 0 Å². The van der Waals surface area contributed by atoms with Crippen LogP contribution in [0.3, 0.4) is 0 Å². The number of aryl methyl sites for hydroxylation is 1. The van der Waals surface area contributed by atoms with Crippen molar-refractivity contribution in [3.63, 3.8) is 0 Å². The first-order valence-corrected chi connectivity index (χ1v) is 7.58. The van der Waals surface area contributed by atoms with E-state index in [1.165, 1.54) is 5.56 Å². The van der Waals surface area contributed by atoms with E-state index in [0.29, 0.717) is 24.7 Å². The fraction of sp³-hybridized carbons (Fsp3) is 0.438. The molecule has 0 radical (unpaired) electrons. The molecule has 1 aromatic heterocycles. The summed E-state index contributed by atoms with van der Waals surface area (Å²) in [6.45, 7) is 7.38. The van der Waals surface area contributed by atoms with E-state index < -0.39 is 0 Å². The molecular weight excluding hydrogens is 405 g/mol. The summed E-state index contributed by atoms with van der Waals surface area (Å²) in [5.74, 6) is 2.06. The minimum Gasteiger partial charge on any atom is -0.357 e. The SMILES string of the molecule is CCNC(=NCCc1nc(C)no1)NC(C)c1ccccc1.I. The zero-order valence-corrected chi connectivity index (χ0v) is 16.1. The van der Waals surface area contributed by atoms with Crippen molar-refractivity contribution in [1.82, 2.24) is 20.8 Å². The Morgan fingerprint density at radius 3 is 2.65 bits per heavy atom. The van der Waals surface area contributed by atoms with Gasteiger partial charge in [0, 0.05) is 13.0 Å². The molecule has 6 nitrogen and oxygen atoms in total. The number of guanidine groups is 1. The lowest BCUT2D eigenvalue weighted by Gasteiger charge is -2.18. The second-order valence-corrected chi connectivity index (χ2v) is 5.02. The summed E-state index contributed by atoms with van der Waals surface area (Å²) < 4.78 is 5.09. The highest BCUT2D eigenvalue weighted by Gasteiger charge is 2.07. The Morgan fingerprint density at radius 1 is 1.30 bits per heavy atom. The van der Waals surface area contributed by atoms with Gasteiger partial charge in [0.1, 0.15) is 0 Å². The average molecular weight is 429 g/mol. The van der Waals surface area contributed by atoms with Gasteiger partial charge in [-0.3, -0.25) is 4.99 Å². The minimum atomic E-state index is 0. The third kappa shape index (κ3) is 6.55. The monoisotopic (exact) mass is 429 g/mol. The quantitative estimate of drug-likeness (QED) is 0.420. The van der Waals surface area contributed by atoms with Gasteiger partial charge in [-0.05, 0) is 26.3 Å². The molecule has 2 N–H and O–H groups in total. The van der Waals surface area contributed by atoms with Crippen LogP contribution in [0.5, 0.6) is 0 Å². The fourth-order valence-electron chi connectivity index (χ4n) is 2.06. The second-order valence-electron chi connectivity index (χ2n) is 5.02. The van der Waals surface area contributed by atoms with Crippen LogP contribution in [0.25, 0.3) is 0 Å². The fourth-order valence-corrected chi connectivity index (χ4v) is 2.06. The van der Waals surface area contributed by atoms with E-state index in [1.54, 1.807) is 0 Å². The molecule has 7 heteroatoms. The Labute approximate surface area is 154 Å². The van der Waals surface area contributed by atoms with Crippen molar-refractivity contribution < 1.29 is 4.52 Å². The molecule has 2 rings (SSSR count). The molecule has 1 unspecified atom stereocenters. The van der Waals surface area contributed by atoms with Crippen LogP contribution >= 0.6 is 24.0 Å². The lowest BCUT2D eigenvalue weighted by atomic mass is 10.1. The number of aromatic nitrogens is 2. The van der Waals surface area contributed by atoms with Crippen LogP contribution in [0, 0.1) is 6.92 Å². The van der Waals surface area contributed by atoms with Gasteiger partial charge in [-0.1, -0.05) is 35.5 Å². The first kappa shape index (κ1) is 19.4. The number of aliphatic imine (C=N–C) groups is 1. The Hall–Kier alpha value is -1.64. The maximum atomic E-state index is 5.09. The lowest BCUT2D eigenvalue weighted by Crippen LogP contribution is -2.38. The summed E-state index contributed by atoms with van der Waals surface area (Å²) in [6.07, 6.45) is 0.636. The van der Waals surface area contributed by atoms with Gasteiger partial charge in [-0.15, -0.1) is 24.0 Å². The highest BCUT2D eigenvalue weighted by molar-refractivity contribution is 14.0. The first-order chi connectivity index (χ1) is 10.7. The molecule has 0 saturated carbocycles. The predicted molar refractivity (Wildman–Crippen MR) is 102 cm³/mol. The summed E-state index contributed by atoms with van der Waals surface area (Å²) in [5, 5.41) is 10.4. The molecule has 0 saturated heterocycles. The summed E-state index contributed by atoms with van der Waals surface area (Å²) in [5.41, 5.74) is 1.22. The zero-order valence-electron chi connectivity index (χ0n) is 13.7. The summed E-state index contributed by atoms with van der Waals surface area (Å²) in [6, 6.07) is 10.5. The first-order valence-electron chi connectivity index (χ1n) is 7.58. The number of benzene rings is 1. The average Bonchev–Trinajstić information content (AvgIpc) is 2.94. The summed E-state index contributed by atoms with van der Waals surface area (Å²) >= 11 is 0. The van der Waals surface area contributed by atoms with E-state index in [4.69, 9.17) is 4.52 Å². The molecule has 1 aromatic carbocycles. The van der Waals surface area contributed by atoms with E-state index in [-0.39, 0.29) is 30.0 Å². The number of nitrogens with one attached hydrogen (secondary N) is 2. The van der Waals surface area contributed by atoms with Gasteiger partial charge in [0.25, 0.3) is 0 Å². The Bertz CT molecular complexity index is 600. The van der Waals surface area contributed by atoms with E-state index in [1.807, 2.05) is 32.0 Å². The minimum absolute atomic E-state index is 0. The van der Waals surface area contributed by atoms with Crippen molar-refractivity contribution in [1.29, 1.82) is 0 Å². The van der Waals surface area contributed by atoms with Crippen molar-refractivity contribution in [3.8, 4) is 0 Å². The van der Waals surface area contributed by atoms with Crippen LogP contribution < -0.4 is 10.6 Å². The molecule has 0 bridgehead atoms. The number of rotatable bonds is 6. The third-order valence-electron chi connectivity index (χ3n) is 3.16. The zero-order chi connectivity index (χ0) is 15.8.